The van der Waals surface area contributed by atoms with Gasteiger partial charge in [0.1, 0.15) is 16.7 Å². The zero-order valence-electron chi connectivity index (χ0n) is 22.0. The molecule has 0 aliphatic heterocycles. The van der Waals surface area contributed by atoms with E-state index in [4.69, 9.17) is 9.47 Å². The highest BCUT2D eigenvalue weighted by Gasteiger charge is 2.40. The Morgan fingerprint density at radius 1 is 0.816 bits per heavy atom. The van der Waals surface area contributed by atoms with Crippen LogP contribution in [0.2, 0.25) is 0 Å². The Morgan fingerprint density at radius 3 is 2.21 bits per heavy atom. The fraction of sp³-hybridized carbons (Fsp3) is 0.273. The maximum absolute atomic E-state index is 14.4. The minimum absolute atomic E-state index is 0.325. The molecule has 0 fully saturated rings. The number of methoxy groups -OCH3 is 2. The van der Waals surface area contributed by atoms with Gasteiger partial charge in [-0.2, -0.15) is 0 Å². The minimum atomic E-state index is -3.74. The van der Waals surface area contributed by atoms with Crippen molar-refractivity contribution in [2.45, 2.75) is 48.2 Å². The van der Waals surface area contributed by atoms with Crippen LogP contribution in [0, 0.1) is 0 Å². The zero-order chi connectivity index (χ0) is 26.4. The van der Waals surface area contributed by atoms with Crippen molar-refractivity contribution in [2.75, 3.05) is 14.2 Å². The molecule has 2 aliphatic rings. The van der Waals surface area contributed by atoms with Gasteiger partial charge in [-0.05, 0) is 88.0 Å². The first-order chi connectivity index (χ1) is 18.4. The second-order valence-electron chi connectivity index (χ2n) is 10.4. The van der Waals surface area contributed by atoms with Crippen LogP contribution in [0.1, 0.15) is 64.7 Å². The number of hydrogen-bond acceptors (Lipinski definition) is 4. The van der Waals surface area contributed by atoms with Gasteiger partial charge in [0.25, 0.3) is 0 Å². The lowest BCUT2D eigenvalue weighted by atomic mass is 9.78. The third-order valence-electron chi connectivity index (χ3n) is 8.29. The molecule has 0 radical (unpaired) electrons. The normalized spacial score (nSPS) is 20.6. The molecule has 0 spiro atoms. The second-order valence-corrected chi connectivity index (χ2v) is 12.5. The molecule has 38 heavy (non-hydrogen) atoms. The fourth-order valence-electron chi connectivity index (χ4n) is 6.36. The summed E-state index contributed by atoms with van der Waals surface area (Å²) in [5, 5.41) is 1.58. The Kier molecular flexibility index (Phi) is 6.27. The van der Waals surface area contributed by atoms with Gasteiger partial charge in [0, 0.05) is 12.0 Å². The summed E-state index contributed by atoms with van der Waals surface area (Å²) < 4.78 is 39.8. The summed E-state index contributed by atoms with van der Waals surface area (Å²) in [6.07, 6.45) is 7.63. The molecule has 0 amide bonds. The lowest BCUT2D eigenvalue weighted by Crippen LogP contribution is -2.23. The number of rotatable bonds is 5. The highest BCUT2D eigenvalue weighted by Crippen LogP contribution is 2.49. The van der Waals surface area contributed by atoms with Crippen molar-refractivity contribution in [3.8, 4) is 11.5 Å². The van der Waals surface area contributed by atoms with Crippen molar-refractivity contribution in [2.24, 2.45) is 0 Å². The number of benzene rings is 4. The van der Waals surface area contributed by atoms with E-state index in [9.17, 15) is 8.42 Å². The summed E-state index contributed by atoms with van der Waals surface area (Å²) in [4.78, 5) is 0.325. The van der Waals surface area contributed by atoms with E-state index in [1.54, 1.807) is 38.5 Å². The van der Waals surface area contributed by atoms with Crippen LogP contribution >= 0.6 is 0 Å². The Bertz CT molecular complexity index is 1630. The lowest BCUT2D eigenvalue weighted by Gasteiger charge is -2.32. The molecule has 2 aliphatic carbocycles. The maximum atomic E-state index is 14.4. The predicted octanol–water partition coefficient (Wildman–Crippen LogP) is 7.62. The smallest absolute Gasteiger partial charge is 0.186 e. The largest absolute Gasteiger partial charge is 0.497 e. The van der Waals surface area contributed by atoms with Gasteiger partial charge >= 0.3 is 0 Å². The number of aryl methyl sites for hydroxylation is 1. The Labute approximate surface area is 224 Å². The highest BCUT2D eigenvalue weighted by atomic mass is 32.2. The molecule has 0 heterocycles. The van der Waals surface area contributed by atoms with E-state index < -0.39 is 21.0 Å². The maximum Gasteiger partial charge on any atom is 0.186 e. The van der Waals surface area contributed by atoms with Crippen molar-refractivity contribution in [3.63, 3.8) is 0 Å². The van der Waals surface area contributed by atoms with Crippen molar-refractivity contribution >= 4 is 26.7 Å². The molecule has 0 aromatic heterocycles. The van der Waals surface area contributed by atoms with Gasteiger partial charge in [-0.3, -0.25) is 0 Å². The van der Waals surface area contributed by atoms with E-state index in [0.29, 0.717) is 22.3 Å². The summed E-state index contributed by atoms with van der Waals surface area (Å²) in [7, 11) is -0.524. The lowest BCUT2D eigenvalue weighted by molar-refractivity contribution is 0.393. The van der Waals surface area contributed by atoms with Crippen molar-refractivity contribution in [3.05, 3.63) is 107 Å². The van der Waals surface area contributed by atoms with Crippen LogP contribution in [0.3, 0.4) is 0 Å². The quantitative estimate of drug-likeness (QED) is 0.269. The van der Waals surface area contributed by atoms with E-state index in [1.807, 2.05) is 30.3 Å². The molecular formula is C33H32O4S. The van der Waals surface area contributed by atoms with E-state index in [-0.39, 0.29) is 0 Å². The van der Waals surface area contributed by atoms with Crippen LogP contribution in [0.25, 0.3) is 16.8 Å². The van der Waals surface area contributed by atoms with E-state index in [1.165, 1.54) is 29.4 Å². The molecule has 0 saturated heterocycles. The molecule has 3 unspecified atom stereocenters. The summed E-state index contributed by atoms with van der Waals surface area (Å²) in [5.41, 5.74) is 5.52. The zero-order valence-corrected chi connectivity index (χ0v) is 22.8. The fourth-order valence-corrected chi connectivity index (χ4v) is 8.36. The van der Waals surface area contributed by atoms with Crippen LogP contribution in [0.15, 0.2) is 83.8 Å². The predicted molar refractivity (Wildman–Crippen MR) is 153 cm³/mol. The van der Waals surface area contributed by atoms with Gasteiger partial charge in [-0.1, -0.05) is 61.5 Å². The molecular weight excluding hydrogens is 492 g/mol. The van der Waals surface area contributed by atoms with Crippen molar-refractivity contribution in [1.82, 2.24) is 0 Å². The van der Waals surface area contributed by atoms with E-state index >= 15 is 0 Å². The molecule has 0 bridgehead atoms. The van der Waals surface area contributed by atoms with E-state index in [0.717, 1.165) is 28.5 Å². The van der Waals surface area contributed by atoms with Crippen LogP contribution in [-0.2, 0) is 16.3 Å². The third-order valence-corrected chi connectivity index (χ3v) is 10.4. The van der Waals surface area contributed by atoms with Crippen molar-refractivity contribution in [1.29, 1.82) is 0 Å². The minimum Gasteiger partial charge on any atom is -0.497 e. The standard InChI is InChI=1S/C33H32O4S/c1-21-8-7-11-28-26(21)12-14-30-29(28)16-17-32-31(30)15-13-27(22-18-23(36-2)20-24(19-22)37-3)33(32)38(34,35)25-9-5-4-6-10-25/h4-6,9-10,12-21,27,33H,7-8,11H2,1-3H3. The topological polar surface area (TPSA) is 52.6 Å². The summed E-state index contributed by atoms with van der Waals surface area (Å²) >= 11 is 0. The first-order valence-corrected chi connectivity index (χ1v) is 14.8. The van der Waals surface area contributed by atoms with Crippen molar-refractivity contribution < 1.29 is 17.9 Å². The first kappa shape index (κ1) is 24.7. The molecule has 5 heteroatoms. The van der Waals surface area contributed by atoms with Gasteiger partial charge in [0.15, 0.2) is 9.84 Å². The molecule has 4 nitrogen and oxygen atoms in total. The van der Waals surface area contributed by atoms with Gasteiger partial charge in [-0.15, -0.1) is 0 Å². The average Bonchev–Trinajstić information content (AvgIpc) is 2.96. The molecule has 0 saturated carbocycles. The molecule has 4 aromatic carbocycles. The first-order valence-electron chi connectivity index (χ1n) is 13.2. The molecule has 3 atom stereocenters. The average molecular weight is 525 g/mol. The number of sulfone groups is 1. The molecule has 194 valence electrons. The summed E-state index contributed by atoms with van der Waals surface area (Å²) in [6.45, 7) is 2.30. The monoisotopic (exact) mass is 524 g/mol. The van der Waals surface area contributed by atoms with Crippen LogP contribution in [0.4, 0.5) is 0 Å². The molecule has 0 N–H and O–H groups in total. The van der Waals surface area contributed by atoms with Crippen LogP contribution in [0.5, 0.6) is 11.5 Å². The number of hydrogen-bond donors (Lipinski definition) is 0. The Balaban J connectivity index is 1.59. The summed E-state index contributed by atoms with van der Waals surface area (Å²) in [6, 6.07) is 23.1. The summed E-state index contributed by atoms with van der Waals surface area (Å²) in [5.74, 6) is 1.41. The Morgan fingerprint density at radius 2 is 1.50 bits per heavy atom. The molecule has 4 aromatic rings. The van der Waals surface area contributed by atoms with Crippen LogP contribution < -0.4 is 9.47 Å². The van der Waals surface area contributed by atoms with Gasteiger partial charge < -0.3 is 9.47 Å². The second kappa shape index (κ2) is 9.63. The highest BCUT2D eigenvalue weighted by molar-refractivity contribution is 7.91. The third kappa shape index (κ3) is 4.01. The van der Waals surface area contributed by atoms with Gasteiger partial charge in [0.05, 0.1) is 19.1 Å². The number of fused-ring (bicyclic) bond motifs is 5. The van der Waals surface area contributed by atoms with Crippen LogP contribution in [-0.4, -0.2) is 22.6 Å². The number of allylic oxidation sites excluding steroid dienone is 1. The molecule has 6 rings (SSSR count). The SMILES string of the molecule is COc1cc(OC)cc(C2C=Cc3c(ccc4c5c(ccc34)C(C)CCC5)C2S(=O)(=O)c2ccccc2)c1. The van der Waals surface area contributed by atoms with E-state index in [2.05, 4.69) is 37.3 Å². The van der Waals surface area contributed by atoms with Gasteiger partial charge in [0.2, 0.25) is 0 Å². The number of ether oxygens (including phenoxy) is 2. The van der Waals surface area contributed by atoms with Gasteiger partial charge in [-0.25, -0.2) is 8.42 Å². The Hall–Kier alpha value is -3.57.